The number of hydrogen-bond acceptors (Lipinski definition) is 2. The SMILES string of the molecule is CCSCCC(C)NC1CCC2(CCCC2)CC1. The molecule has 1 nitrogen and oxygen atoms in total. The van der Waals surface area contributed by atoms with Crippen LogP contribution in [0.2, 0.25) is 0 Å². The zero-order valence-corrected chi connectivity index (χ0v) is 13.2. The van der Waals surface area contributed by atoms with Crippen LogP contribution in [0.1, 0.15) is 71.6 Å². The molecule has 2 aliphatic rings. The van der Waals surface area contributed by atoms with Crippen LogP contribution in [-0.2, 0) is 0 Å². The Hall–Kier alpha value is 0.310. The molecule has 18 heavy (non-hydrogen) atoms. The lowest BCUT2D eigenvalue weighted by atomic mass is 9.71. The van der Waals surface area contributed by atoms with E-state index in [0.29, 0.717) is 6.04 Å². The highest BCUT2D eigenvalue weighted by molar-refractivity contribution is 7.99. The maximum atomic E-state index is 3.87. The average molecular weight is 269 g/mol. The predicted octanol–water partition coefficient (Wildman–Crippen LogP) is 4.61. The van der Waals surface area contributed by atoms with Gasteiger partial charge in [0.25, 0.3) is 0 Å². The molecule has 2 heteroatoms. The van der Waals surface area contributed by atoms with Gasteiger partial charge in [-0.3, -0.25) is 0 Å². The van der Waals surface area contributed by atoms with Crippen LogP contribution < -0.4 is 5.32 Å². The minimum absolute atomic E-state index is 0.715. The van der Waals surface area contributed by atoms with Gasteiger partial charge in [-0.15, -0.1) is 0 Å². The second-order valence-electron chi connectivity index (χ2n) is 6.53. The molecule has 2 aliphatic carbocycles. The van der Waals surface area contributed by atoms with Crippen LogP contribution in [0.15, 0.2) is 0 Å². The first-order valence-corrected chi connectivity index (χ1v) is 9.23. The molecule has 2 rings (SSSR count). The van der Waals surface area contributed by atoms with Crippen molar-refractivity contribution in [2.45, 2.75) is 83.7 Å². The molecule has 106 valence electrons. The number of hydrogen-bond donors (Lipinski definition) is 1. The summed E-state index contributed by atoms with van der Waals surface area (Å²) in [7, 11) is 0. The van der Waals surface area contributed by atoms with Gasteiger partial charge in [0.1, 0.15) is 0 Å². The average Bonchev–Trinajstić information content (AvgIpc) is 2.81. The van der Waals surface area contributed by atoms with E-state index in [4.69, 9.17) is 0 Å². The zero-order valence-electron chi connectivity index (χ0n) is 12.3. The maximum absolute atomic E-state index is 3.87. The normalized spacial score (nSPS) is 25.7. The fourth-order valence-corrected chi connectivity index (χ4v) is 4.72. The highest BCUT2D eigenvalue weighted by Crippen LogP contribution is 2.48. The van der Waals surface area contributed by atoms with Crippen LogP contribution in [0.5, 0.6) is 0 Å². The lowest BCUT2D eigenvalue weighted by Crippen LogP contribution is -2.41. The van der Waals surface area contributed by atoms with Crippen LogP contribution in [0.4, 0.5) is 0 Å². The van der Waals surface area contributed by atoms with Crippen LogP contribution >= 0.6 is 11.8 Å². The van der Waals surface area contributed by atoms with Crippen LogP contribution in [0.3, 0.4) is 0 Å². The van der Waals surface area contributed by atoms with E-state index in [1.165, 1.54) is 69.3 Å². The largest absolute Gasteiger partial charge is 0.311 e. The Bertz CT molecular complexity index is 225. The van der Waals surface area contributed by atoms with Gasteiger partial charge in [0.15, 0.2) is 0 Å². The van der Waals surface area contributed by atoms with Crippen molar-refractivity contribution in [3.63, 3.8) is 0 Å². The molecule has 0 aromatic carbocycles. The minimum atomic E-state index is 0.715. The van der Waals surface area contributed by atoms with E-state index in [-0.39, 0.29) is 0 Å². The van der Waals surface area contributed by atoms with E-state index in [0.717, 1.165) is 11.5 Å². The summed E-state index contributed by atoms with van der Waals surface area (Å²) in [6.07, 6.45) is 13.3. The van der Waals surface area contributed by atoms with Crippen molar-refractivity contribution in [2.24, 2.45) is 5.41 Å². The summed E-state index contributed by atoms with van der Waals surface area (Å²) in [5.41, 5.74) is 0.791. The van der Waals surface area contributed by atoms with Crippen LogP contribution in [-0.4, -0.2) is 23.6 Å². The third-order valence-corrected chi connectivity index (χ3v) is 6.06. The smallest absolute Gasteiger partial charge is 0.00699 e. The topological polar surface area (TPSA) is 12.0 Å². The Morgan fingerprint density at radius 1 is 1.17 bits per heavy atom. The van der Waals surface area contributed by atoms with E-state index in [1.54, 1.807) is 0 Å². The number of nitrogens with one attached hydrogen (secondary N) is 1. The predicted molar refractivity (Wildman–Crippen MR) is 83.4 cm³/mol. The monoisotopic (exact) mass is 269 g/mol. The molecule has 2 fully saturated rings. The minimum Gasteiger partial charge on any atom is -0.311 e. The summed E-state index contributed by atoms with van der Waals surface area (Å²) < 4.78 is 0. The molecule has 1 unspecified atom stereocenters. The standard InChI is InChI=1S/C16H31NS/c1-3-18-13-8-14(2)17-15-6-11-16(12-7-15)9-4-5-10-16/h14-15,17H,3-13H2,1-2H3. The van der Waals surface area contributed by atoms with Crippen LogP contribution in [0.25, 0.3) is 0 Å². The fourth-order valence-electron chi connectivity index (χ4n) is 3.91. The lowest BCUT2D eigenvalue weighted by molar-refractivity contribution is 0.163. The Morgan fingerprint density at radius 2 is 1.83 bits per heavy atom. The van der Waals surface area contributed by atoms with Crippen molar-refractivity contribution in [2.75, 3.05) is 11.5 Å². The summed E-state index contributed by atoms with van der Waals surface area (Å²) in [5, 5.41) is 3.87. The highest BCUT2D eigenvalue weighted by Gasteiger charge is 2.37. The molecule has 2 saturated carbocycles. The Labute approximate surface area is 118 Å². The van der Waals surface area contributed by atoms with Gasteiger partial charge in [-0.2, -0.15) is 11.8 Å². The quantitative estimate of drug-likeness (QED) is 0.707. The first-order chi connectivity index (χ1) is 8.74. The Morgan fingerprint density at radius 3 is 2.44 bits per heavy atom. The van der Waals surface area contributed by atoms with Crippen molar-refractivity contribution in [1.82, 2.24) is 5.32 Å². The molecule has 0 heterocycles. The molecule has 0 radical (unpaired) electrons. The molecule has 0 aliphatic heterocycles. The Kier molecular flexibility index (Phi) is 5.88. The van der Waals surface area contributed by atoms with Crippen molar-refractivity contribution in [3.8, 4) is 0 Å². The number of thioether (sulfide) groups is 1. The summed E-state index contributed by atoms with van der Waals surface area (Å²) in [6.45, 7) is 4.63. The molecule has 1 atom stereocenters. The van der Waals surface area contributed by atoms with Crippen molar-refractivity contribution in [3.05, 3.63) is 0 Å². The van der Waals surface area contributed by atoms with Gasteiger partial charge >= 0.3 is 0 Å². The summed E-state index contributed by atoms with van der Waals surface area (Å²) >= 11 is 2.07. The second-order valence-corrected chi connectivity index (χ2v) is 7.93. The molecule has 0 aromatic rings. The summed E-state index contributed by atoms with van der Waals surface area (Å²) in [4.78, 5) is 0. The van der Waals surface area contributed by atoms with Crippen molar-refractivity contribution < 1.29 is 0 Å². The fraction of sp³-hybridized carbons (Fsp3) is 1.00. The first kappa shape index (κ1) is 14.7. The molecule has 1 N–H and O–H groups in total. The molecule has 0 aromatic heterocycles. The van der Waals surface area contributed by atoms with Gasteiger partial charge in [0.2, 0.25) is 0 Å². The van der Waals surface area contributed by atoms with Crippen molar-refractivity contribution >= 4 is 11.8 Å². The molecule has 1 spiro atoms. The van der Waals surface area contributed by atoms with E-state index < -0.39 is 0 Å². The van der Waals surface area contributed by atoms with E-state index >= 15 is 0 Å². The van der Waals surface area contributed by atoms with Crippen molar-refractivity contribution in [1.29, 1.82) is 0 Å². The third-order valence-electron chi connectivity index (χ3n) is 5.13. The van der Waals surface area contributed by atoms with Gasteiger partial charge in [-0.25, -0.2) is 0 Å². The molecule has 0 saturated heterocycles. The lowest BCUT2D eigenvalue weighted by Gasteiger charge is -2.38. The first-order valence-electron chi connectivity index (χ1n) is 8.08. The highest BCUT2D eigenvalue weighted by atomic mass is 32.2. The molecular formula is C16H31NS. The van der Waals surface area contributed by atoms with Gasteiger partial charge in [-0.1, -0.05) is 19.8 Å². The summed E-state index contributed by atoms with van der Waals surface area (Å²) in [5.74, 6) is 2.58. The van der Waals surface area contributed by atoms with Gasteiger partial charge in [0, 0.05) is 12.1 Å². The maximum Gasteiger partial charge on any atom is 0.00699 e. The molecular weight excluding hydrogens is 238 g/mol. The van der Waals surface area contributed by atoms with E-state index in [9.17, 15) is 0 Å². The van der Waals surface area contributed by atoms with Gasteiger partial charge < -0.3 is 5.32 Å². The van der Waals surface area contributed by atoms with Crippen LogP contribution in [0, 0.1) is 5.41 Å². The van der Waals surface area contributed by atoms with Gasteiger partial charge in [0.05, 0.1) is 0 Å². The van der Waals surface area contributed by atoms with E-state index in [2.05, 4.69) is 30.9 Å². The summed E-state index contributed by atoms with van der Waals surface area (Å²) in [6, 6.07) is 1.53. The Balaban J connectivity index is 1.63. The molecule has 0 amide bonds. The third kappa shape index (κ3) is 4.16. The zero-order chi connectivity index (χ0) is 12.8. The number of rotatable bonds is 6. The second kappa shape index (κ2) is 7.19. The molecule has 0 bridgehead atoms. The van der Waals surface area contributed by atoms with E-state index in [1.807, 2.05) is 0 Å². The van der Waals surface area contributed by atoms with Gasteiger partial charge in [-0.05, 0) is 68.8 Å².